The van der Waals surface area contributed by atoms with Gasteiger partial charge in [0.15, 0.2) is 0 Å². The first kappa shape index (κ1) is 12.4. The van der Waals surface area contributed by atoms with Gasteiger partial charge in [0.2, 0.25) is 5.91 Å². The number of carbonyl (C=O) groups is 1. The molecule has 0 aromatic rings. The zero-order chi connectivity index (χ0) is 12.8. The van der Waals surface area contributed by atoms with Gasteiger partial charge in [0.05, 0.1) is 23.9 Å². The van der Waals surface area contributed by atoms with Gasteiger partial charge in [-0.15, -0.1) is 0 Å². The van der Waals surface area contributed by atoms with Crippen molar-refractivity contribution in [2.75, 3.05) is 6.61 Å². The molecule has 3 fully saturated rings. The Bertz CT molecular complexity index is 333. The minimum atomic E-state index is -0.244. The molecule has 0 aromatic heterocycles. The van der Waals surface area contributed by atoms with E-state index in [1.54, 1.807) is 0 Å². The van der Waals surface area contributed by atoms with Crippen LogP contribution in [0, 0.1) is 0 Å². The van der Waals surface area contributed by atoms with Gasteiger partial charge in [0, 0.05) is 6.61 Å². The predicted molar refractivity (Wildman–Crippen MR) is 69.1 cm³/mol. The van der Waals surface area contributed by atoms with Crippen LogP contribution in [0.15, 0.2) is 0 Å². The van der Waals surface area contributed by atoms with E-state index in [0.717, 1.165) is 32.3 Å². The summed E-state index contributed by atoms with van der Waals surface area (Å²) in [5.41, 5.74) is -0.244. The first-order chi connectivity index (χ1) is 8.64. The van der Waals surface area contributed by atoms with Gasteiger partial charge in [-0.1, -0.05) is 12.8 Å². The van der Waals surface area contributed by atoms with Crippen molar-refractivity contribution in [3.63, 3.8) is 0 Å². The minimum absolute atomic E-state index is 0.148. The zero-order valence-corrected chi connectivity index (χ0v) is 11.4. The van der Waals surface area contributed by atoms with E-state index in [2.05, 4.69) is 19.2 Å². The fourth-order valence-electron chi connectivity index (χ4n) is 3.99. The molecule has 1 aliphatic carbocycles. The molecule has 0 radical (unpaired) electrons. The molecule has 3 aliphatic rings. The highest BCUT2D eigenvalue weighted by atomic mass is 16.5. The lowest BCUT2D eigenvalue weighted by Gasteiger charge is -2.32. The molecule has 0 bridgehead atoms. The van der Waals surface area contributed by atoms with Crippen molar-refractivity contribution >= 4 is 5.91 Å². The predicted octanol–water partition coefficient (Wildman–Crippen LogP) is 1.64. The first-order valence-electron chi connectivity index (χ1n) is 7.36. The van der Waals surface area contributed by atoms with E-state index < -0.39 is 0 Å². The third kappa shape index (κ3) is 1.77. The third-order valence-corrected chi connectivity index (χ3v) is 4.95. The Kier molecular flexibility index (Phi) is 3.10. The molecular formula is C14H24N2O2. The Morgan fingerprint density at radius 2 is 2.11 bits per heavy atom. The summed E-state index contributed by atoms with van der Waals surface area (Å²) in [6.07, 6.45) is 6.95. The fourth-order valence-corrected chi connectivity index (χ4v) is 3.99. The lowest BCUT2D eigenvalue weighted by molar-refractivity contribution is -0.137. The van der Waals surface area contributed by atoms with Crippen LogP contribution in [0.2, 0.25) is 0 Å². The van der Waals surface area contributed by atoms with Gasteiger partial charge >= 0.3 is 0 Å². The normalized spacial score (nSPS) is 36.8. The number of nitrogens with one attached hydrogen (secondary N) is 1. The van der Waals surface area contributed by atoms with Crippen LogP contribution in [0.5, 0.6) is 0 Å². The van der Waals surface area contributed by atoms with Crippen LogP contribution in [0.4, 0.5) is 0 Å². The second kappa shape index (κ2) is 4.49. The Balaban J connectivity index is 1.77. The van der Waals surface area contributed by atoms with E-state index in [1.165, 1.54) is 12.8 Å². The van der Waals surface area contributed by atoms with Crippen molar-refractivity contribution in [2.24, 2.45) is 0 Å². The second-order valence-electron chi connectivity index (χ2n) is 6.11. The molecule has 4 nitrogen and oxygen atoms in total. The highest BCUT2D eigenvalue weighted by molar-refractivity contribution is 5.89. The summed E-state index contributed by atoms with van der Waals surface area (Å²) < 4.78 is 5.75. The molecule has 3 atom stereocenters. The summed E-state index contributed by atoms with van der Waals surface area (Å²) in [5.74, 6) is 0.315. The molecule has 1 amide bonds. The van der Waals surface area contributed by atoms with E-state index in [0.29, 0.717) is 5.91 Å². The van der Waals surface area contributed by atoms with Crippen molar-refractivity contribution in [1.29, 1.82) is 0 Å². The third-order valence-electron chi connectivity index (χ3n) is 4.95. The molecule has 102 valence electrons. The molecule has 3 unspecified atom stereocenters. The number of amides is 1. The molecule has 1 spiro atoms. The van der Waals surface area contributed by atoms with Crippen molar-refractivity contribution < 1.29 is 9.53 Å². The summed E-state index contributed by atoms with van der Waals surface area (Å²) in [4.78, 5) is 14.8. The van der Waals surface area contributed by atoms with Gasteiger partial charge in [-0.3, -0.25) is 10.1 Å². The van der Waals surface area contributed by atoms with Crippen LogP contribution >= 0.6 is 0 Å². The second-order valence-corrected chi connectivity index (χ2v) is 6.11. The molecule has 18 heavy (non-hydrogen) atoms. The Morgan fingerprint density at radius 1 is 1.39 bits per heavy atom. The van der Waals surface area contributed by atoms with E-state index in [-0.39, 0.29) is 23.9 Å². The number of rotatable bonds is 2. The highest BCUT2D eigenvalue weighted by Gasteiger charge is 2.53. The molecule has 3 rings (SSSR count). The minimum Gasteiger partial charge on any atom is -0.376 e. The van der Waals surface area contributed by atoms with Crippen LogP contribution in [0.1, 0.15) is 52.4 Å². The molecular weight excluding hydrogens is 228 g/mol. The van der Waals surface area contributed by atoms with Gasteiger partial charge in [0.1, 0.15) is 0 Å². The molecule has 2 heterocycles. The SMILES string of the molecule is CC1NC2(CCCC2)C(=O)N1C(C)C1CCCO1. The summed E-state index contributed by atoms with van der Waals surface area (Å²) in [6.45, 7) is 5.10. The van der Waals surface area contributed by atoms with E-state index in [9.17, 15) is 4.79 Å². The Hall–Kier alpha value is -0.610. The van der Waals surface area contributed by atoms with Gasteiger partial charge < -0.3 is 9.64 Å². The standard InChI is InChI=1S/C14H24N2O2/c1-10(12-6-5-9-18-12)16-11(2)15-14(13(16)17)7-3-4-8-14/h10-12,15H,3-9H2,1-2H3. The van der Waals surface area contributed by atoms with Crippen molar-refractivity contribution in [2.45, 2.75) is 76.2 Å². The van der Waals surface area contributed by atoms with E-state index in [4.69, 9.17) is 4.74 Å². The summed E-state index contributed by atoms with van der Waals surface area (Å²) >= 11 is 0. The number of hydrogen-bond acceptors (Lipinski definition) is 3. The maximum Gasteiger partial charge on any atom is 0.244 e. The van der Waals surface area contributed by atoms with Crippen molar-refractivity contribution in [1.82, 2.24) is 10.2 Å². The molecule has 0 aromatic carbocycles. The van der Waals surface area contributed by atoms with E-state index in [1.807, 2.05) is 4.90 Å². The monoisotopic (exact) mass is 252 g/mol. The number of hydrogen-bond donors (Lipinski definition) is 1. The van der Waals surface area contributed by atoms with Crippen molar-refractivity contribution in [3.8, 4) is 0 Å². The van der Waals surface area contributed by atoms with Gasteiger partial charge in [-0.05, 0) is 39.5 Å². The van der Waals surface area contributed by atoms with Gasteiger partial charge in [0.25, 0.3) is 0 Å². The maximum atomic E-state index is 12.7. The Labute approximate surface area is 109 Å². The zero-order valence-electron chi connectivity index (χ0n) is 11.4. The molecule has 1 saturated carbocycles. The summed E-state index contributed by atoms with van der Waals surface area (Å²) in [5, 5.41) is 3.55. The molecule has 2 aliphatic heterocycles. The fraction of sp³-hybridized carbons (Fsp3) is 0.929. The van der Waals surface area contributed by atoms with E-state index >= 15 is 0 Å². The topological polar surface area (TPSA) is 41.6 Å². The molecule has 2 saturated heterocycles. The van der Waals surface area contributed by atoms with Crippen LogP contribution in [-0.2, 0) is 9.53 Å². The number of ether oxygens (including phenoxy) is 1. The highest BCUT2D eigenvalue weighted by Crippen LogP contribution is 2.38. The van der Waals surface area contributed by atoms with Crippen LogP contribution < -0.4 is 5.32 Å². The Morgan fingerprint density at radius 3 is 2.72 bits per heavy atom. The van der Waals surface area contributed by atoms with Crippen molar-refractivity contribution in [3.05, 3.63) is 0 Å². The average Bonchev–Trinajstić information content (AvgIpc) is 3.03. The quantitative estimate of drug-likeness (QED) is 0.812. The lowest BCUT2D eigenvalue weighted by atomic mass is 9.97. The average molecular weight is 252 g/mol. The van der Waals surface area contributed by atoms with Crippen LogP contribution in [0.3, 0.4) is 0 Å². The smallest absolute Gasteiger partial charge is 0.244 e. The molecule has 1 N–H and O–H groups in total. The first-order valence-corrected chi connectivity index (χ1v) is 7.36. The molecule has 4 heteroatoms. The lowest BCUT2D eigenvalue weighted by Crippen LogP contribution is -2.48. The number of nitrogens with zero attached hydrogens (tertiary/aromatic N) is 1. The van der Waals surface area contributed by atoms with Crippen LogP contribution in [-0.4, -0.2) is 41.3 Å². The maximum absolute atomic E-state index is 12.7. The van der Waals surface area contributed by atoms with Gasteiger partial charge in [-0.25, -0.2) is 0 Å². The van der Waals surface area contributed by atoms with Crippen LogP contribution in [0.25, 0.3) is 0 Å². The summed E-state index contributed by atoms with van der Waals surface area (Å²) in [7, 11) is 0. The summed E-state index contributed by atoms with van der Waals surface area (Å²) in [6, 6.07) is 0.197. The number of carbonyl (C=O) groups excluding carboxylic acids is 1. The van der Waals surface area contributed by atoms with Gasteiger partial charge in [-0.2, -0.15) is 0 Å². The largest absolute Gasteiger partial charge is 0.376 e.